The predicted octanol–water partition coefficient (Wildman–Crippen LogP) is 5.38. The zero-order valence-corrected chi connectivity index (χ0v) is 14.2. The molecule has 0 aliphatic rings. The quantitative estimate of drug-likeness (QED) is 0.742. The van der Waals surface area contributed by atoms with Crippen molar-refractivity contribution in [2.45, 2.75) is 19.9 Å². The molecule has 0 amide bonds. The highest BCUT2D eigenvalue weighted by atomic mass is 79.9. The number of phenolic OH excluding ortho intramolecular Hbond substituents is 1. The Balaban J connectivity index is 2.32. The minimum atomic E-state index is -0.0872. The van der Waals surface area contributed by atoms with Gasteiger partial charge in [0, 0.05) is 10.6 Å². The van der Waals surface area contributed by atoms with Crippen molar-refractivity contribution in [3.8, 4) is 11.5 Å². The van der Waals surface area contributed by atoms with E-state index in [1.807, 2.05) is 32.0 Å². The molecule has 1 atom stereocenters. The van der Waals surface area contributed by atoms with E-state index in [1.165, 1.54) is 0 Å². The van der Waals surface area contributed by atoms with Crippen LogP contribution in [0.4, 0.5) is 5.69 Å². The van der Waals surface area contributed by atoms with Gasteiger partial charge in [0.1, 0.15) is 5.75 Å². The van der Waals surface area contributed by atoms with Crippen LogP contribution in [-0.4, -0.2) is 11.7 Å². The first kappa shape index (κ1) is 16.0. The number of halogens is 2. The number of nitrogens with one attached hydrogen (secondary N) is 1. The predicted molar refractivity (Wildman–Crippen MR) is 90.5 cm³/mol. The molecule has 1 unspecified atom stereocenters. The van der Waals surface area contributed by atoms with E-state index in [1.54, 1.807) is 18.2 Å². The Labute approximate surface area is 138 Å². The lowest BCUT2D eigenvalue weighted by atomic mass is 10.1. The molecule has 3 nitrogen and oxygen atoms in total. The van der Waals surface area contributed by atoms with Gasteiger partial charge in [-0.3, -0.25) is 0 Å². The van der Waals surface area contributed by atoms with Crippen molar-refractivity contribution in [3.05, 3.63) is 51.5 Å². The zero-order valence-electron chi connectivity index (χ0n) is 11.9. The molecule has 0 spiro atoms. The summed E-state index contributed by atoms with van der Waals surface area (Å²) in [7, 11) is 0. The third-order valence-corrected chi connectivity index (χ3v) is 3.88. The first-order chi connectivity index (χ1) is 10.0. The number of hydrogen-bond donors (Lipinski definition) is 2. The highest BCUT2D eigenvalue weighted by Crippen LogP contribution is 2.39. The van der Waals surface area contributed by atoms with E-state index in [0.29, 0.717) is 17.4 Å². The first-order valence-electron chi connectivity index (χ1n) is 6.69. The largest absolute Gasteiger partial charge is 0.508 e. The molecule has 0 aliphatic carbocycles. The molecule has 0 heterocycles. The van der Waals surface area contributed by atoms with Gasteiger partial charge in [-0.05, 0) is 48.0 Å². The number of benzene rings is 2. The lowest BCUT2D eigenvalue weighted by Gasteiger charge is -2.20. The van der Waals surface area contributed by atoms with Crippen molar-refractivity contribution in [3.63, 3.8) is 0 Å². The van der Waals surface area contributed by atoms with Crippen LogP contribution in [0.25, 0.3) is 0 Å². The highest BCUT2D eigenvalue weighted by molar-refractivity contribution is 9.10. The molecule has 2 N–H and O–H groups in total. The number of phenols is 1. The Hall–Kier alpha value is -1.39. The number of anilines is 1. The number of hydrogen-bond acceptors (Lipinski definition) is 3. The fourth-order valence-corrected chi connectivity index (χ4v) is 3.05. The van der Waals surface area contributed by atoms with Crippen LogP contribution in [-0.2, 0) is 0 Å². The molecule has 0 fully saturated rings. The highest BCUT2D eigenvalue weighted by Gasteiger charge is 2.15. The summed E-state index contributed by atoms with van der Waals surface area (Å²) >= 11 is 9.57. The van der Waals surface area contributed by atoms with Gasteiger partial charge >= 0.3 is 0 Å². The van der Waals surface area contributed by atoms with Crippen molar-refractivity contribution in [1.82, 2.24) is 0 Å². The normalized spacial score (nSPS) is 12.0. The van der Waals surface area contributed by atoms with Gasteiger partial charge in [-0.25, -0.2) is 0 Å². The van der Waals surface area contributed by atoms with Crippen molar-refractivity contribution < 1.29 is 9.84 Å². The number of ether oxygens (including phenoxy) is 1. The van der Waals surface area contributed by atoms with Gasteiger partial charge in [0.2, 0.25) is 0 Å². The van der Waals surface area contributed by atoms with Crippen LogP contribution < -0.4 is 10.1 Å². The van der Waals surface area contributed by atoms with E-state index in [-0.39, 0.29) is 11.8 Å². The molecule has 0 bridgehead atoms. The van der Waals surface area contributed by atoms with Crippen LogP contribution in [0.3, 0.4) is 0 Å². The molecule has 0 saturated carbocycles. The van der Waals surface area contributed by atoms with Crippen molar-refractivity contribution in [2.24, 2.45) is 0 Å². The maximum absolute atomic E-state index is 9.93. The van der Waals surface area contributed by atoms with Crippen LogP contribution in [0.5, 0.6) is 11.5 Å². The summed E-state index contributed by atoms with van der Waals surface area (Å²) in [6.07, 6.45) is 0. The molecule has 5 heteroatoms. The minimum absolute atomic E-state index is 0.0872. The molecule has 0 saturated heterocycles. The van der Waals surface area contributed by atoms with E-state index in [9.17, 15) is 5.11 Å². The third-order valence-electron chi connectivity index (χ3n) is 3.07. The van der Waals surface area contributed by atoms with Crippen molar-refractivity contribution in [2.75, 3.05) is 11.9 Å². The molecule has 21 heavy (non-hydrogen) atoms. The summed E-state index contributed by atoms with van der Waals surface area (Å²) in [5, 5.41) is 13.9. The van der Waals surface area contributed by atoms with E-state index in [4.69, 9.17) is 16.3 Å². The van der Waals surface area contributed by atoms with E-state index in [2.05, 4.69) is 21.2 Å². The van der Waals surface area contributed by atoms with E-state index < -0.39 is 0 Å². The number of para-hydroxylation sites is 1. The minimum Gasteiger partial charge on any atom is -0.508 e. The lowest BCUT2D eigenvalue weighted by molar-refractivity contribution is 0.339. The SMILES string of the molecule is CCOc1c(Br)cc(Cl)cc1NC(C)c1ccccc1O. The molecule has 0 radical (unpaired) electrons. The number of rotatable bonds is 5. The second kappa shape index (κ2) is 7.05. The van der Waals surface area contributed by atoms with Gasteiger partial charge in [-0.2, -0.15) is 0 Å². The average Bonchev–Trinajstić information content (AvgIpc) is 2.43. The second-order valence-corrected chi connectivity index (χ2v) is 5.91. The van der Waals surface area contributed by atoms with E-state index in [0.717, 1.165) is 15.7 Å². The second-order valence-electron chi connectivity index (χ2n) is 4.62. The smallest absolute Gasteiger partial charge is 0.156 e. The van der Waals surface area contributed by atoms with E-state index >= 15 is 0 Å². The fourth-order valence-electron chi connectivity index (χ4n) is 2.12. The van der Waals surface area contributed by atoms with Gasteiger partial charge in [0.05, 0.1) is 22.8 Å². The standard InChI is InChI=1S/C16H17BrClNO2/c1-3-21-16-13(17)8-11(18)9-14(16)19-10(2)12-6-4-5-7-15(12)20/h4-10,19-20H,3H2,1-2H3. The maximum atomic E-state index is 9.93. The van der Waals surface area contributed by atoms with Crippen molar-refractivity contribution in [1.29, 1.82) is 0 Å². The molecule has 0 aromatic heterocycles. The molecule has 112 valence electrons. The monoisotopic (exact) mass is 369 g/mol. The first-order valence-corrected chi connectivity index (χ1v) is 7.86. The fraction of sp³-hybridized carbons (Fsp3) is 0.250. The van der Waals surface area contributed by atoms with Gasteiger partial charge in [0.25, 0.3) is 0 Å². The summed E-state index contributed by atoms with van der Waals surface area (Å²) < 4.78 is 6.45. The van der Waals surface area contributed by atoms with Crippen LogP contribution in [0.2, 0.25) is 5.02 Å². The van der Waals surface area contributed by atoms with Crippen LogP contribution in [0.1, 0.15) is 25.5 Å². The van der Waals surface area contributed by atoms with Crippen LogP contribution >= 0.6 is 27.5 Å². The maximum Gasteiger partial charge on any atom is 0.156 e. The summed E-state index contributed by atoms with van der Waals surface area (Å²) in [5.41, 5.74) is 1.60. The van der Waals surface area contributed by atoms with Crippen LogP contribution in [0, 0.1) is 0 Å². The summed E-state index contributed by atoms with van der Waals surface area (Å²) in [5.74, 6) is 0.973. The molecular weight excluding hydrogens is 354 g/mol. The van der Waals surface area contributed by atoms with Gasteiger partial charge in [-0.15, -0.1) is 0 Å². The lowest BCUT2D eigenvalue weighted by Crippen LogP contribution is -2.09. The Morgan fingerprint density at radius 1 is 1.33 bits per heavy atom. The molecule has 2 aromatic carbocycles. The summed E-state index contributed by atoms with van der Waals surface area (Å²) in [4.78, 5) is 0. The molecule has 0 aliphatic heterocycles. The Bertz CT molecular complexity index is 634. The van der Waals surface area contributed by atoms with Crippen molar-refractivity contribution >= 4 is 33.2 Å². The van der Waals surface area contributed by atoms with Gasteiger partial charge < -0.3 is 15.2 Å². The molecule has 2 rings (SSSR count). The summed E-state index contributed by atoms with van der Waals surface area (Å²) in [6, 6.07) is 10.8. The number of aromatic hydroxyl groups is 1. The van der Waals surface area contributed by atoms with Gasteiger partial charge in [0.15, 0.2) is 5.75 Å². The average molecular weight is 371 g/mol. The Morgan fingerprint density at radius 3 is 2.71 bits per heavy atom. The molecule has 2 aromatic rings. The Morgan fingerprint density at radius 2 is 2.05 bits per heavy atom. The van der Waals surface area contributed by atoms with Crippen LogP contribution in [0.15, 0.2) is 40.9 Å². The Kier molecular flexibility index (Phi) is 5.37. The third kappa shape index (κ3) is 3.83. The molecular formula is C16H17BrClNO2. The topological polar surface area (TPSA) is 41.5 Å². The summed E-state index contributed by atoms with van der Waals surface area (Å²) in [6.45, 7) is 4.46. The zero-order chi connectivity index (χ0) is 15.4. The van der Waals surface area contributed by atoms with Gasteiger partial charge in [-0.1, -0.05) is 29.8 Å².